The third-order valence-corrected chi connectivity index (χ3v) is 3.82. The van der Waals surface area contributed by atoms with Gasteiger partial charge in [0.2, 0.25) is 0 Å². The average Bonchev–Trinajstić information content (AvgIpc) is 3.18. The molecule has 3 heterocycles. The third kappa shape index (κ3) is 3.31. The largest absolute Gasteiger partial charge is 0.369 e. The zero-order chi connectivity index (χ0) is 16.2. The predicted molar refractivity (Wildman–Crippen MR) is 82.6 cm³/mol. The summed E-state index contributed by atoms with van der Waals surface area (Å²) in [5.74, 6) is -0.351. The fourth-order valence-electron chi connectivity index (χ4n) is 1.82. The third-order valence-electron chi connectivity index (χ3n) is 2.98. The van der Waals surface area contributed by atoms with Crippen molar-refractivity contribution in [2.24, 2.45) is 0 Å². The Hall–Kier alpha value is -2.88. The zero-order valence-corrected chi connectivity index (χ0v) is 13.0. The van der Waals surface area contributed by atoms with E-state index in [4.69, 9.17) is 0 Å². The van der Waals surface area contributed by atoms with Crippen LogP contribution in [0.2, 0.25) is 0 Å². The second-order valence-corrected chi connectivity index (χ2v) is 5.57. The van der Waals surface area contributed by atoms with E-state index in [1.807, 2.05) is 11.4 Å². The van der Waals surface area contributed by atoms with Gasteiger partial charge in [-0.2, -0.15) is 9.36 Å². The first-order chi connectivity index (χ1) is 11.1. The van der Waals surface area contributed by atoms with Crippen LogP contribution in [0.4, 0.5) is 0 Å². The molecule has 10 heteroatoms. The molecule has 0 aliphatic heterocycles. The number of nitrogens with one attached hydrogen (secondary N) is 1. The normalized spacial score (nSPS) is 10.7. The van der Waals surface area contributed by atoms with Gasteiger partial charge in [0.1, 0.15) is 10.7 Å². The minimum absolute atomic E-state index is 0.217. The molecule has 0 fully saturated rings. The predicted octanol–water partition coefficient (Wildman–Crippen LogP) is 0.0189. The van der Waals surface area contributed by atoms with Crippen LogP contribution >= 0.6 is 11.3 Å². The average molecular weight is 331 g/mol. The number of carbonyl (C=O) groups is 1. The van der Waals surface area contributed by atoms with E-state index in [9.17, 15) is 9.59 Å². The van der Waals surface area contributed by atoms with E-state index in [1.54, 1.807) is 13.0 Å². The number of aromatic nitrogens is 6. The summed E-state index contributed by atoms with van der Waals surface area (Å²) in [4.78, 5) is 32.0. The Morgan fingerprint density at radius 3 is 2.87 bits per heavy atom. The maximum Gasteiger partial charge on any atom is 0.369 e. The lowest BCUT2D eigenvalue weighted by Gasteiger charge is -2.03. The van der Waals surface area contributed by atoms with Crippen LogP contribution in [0.25, 0.3) is 5.00 Å². The van der Waals surface area contributed by atoms with Crippen LogP contribution in [0.1, 0.15) is 16.2 Å². The molecule has 0 aromatic carbocycles. The second kappa shape index (κ2) is 6.48. The molecule has 1 amide bonds. The molecule has 1 N–H and O–H groups in total. The van der Waals surface area contributed by atoms with Gasteiger partial charge in [-0.25, -0.2) is 9.78 Å². The van der Waals surface area contributed by atoms with Crippen molar-refractivity contribution in [3.8, 4) is 5.00 Å². The molecular weight excluding hydrogens is 318 g/mol. The van der Waals surface area contributed by atoms with Crippen molar-refractivity contribution in [3.63, 3.8) is 0 Å². The minimum Gasteiger partial charge on any atom is -0.349 e. The lowest BCUT2D eigenvalue weighted by atomic mass is 10.4. The number of nitrogens with zero attached hydrogens (tertiary/aromatic N) is 6. The number of rotatable bonds is 5. The maximum atomic E-state index is 12.1. The van der Waals surface area contributed by atoms with Crippen LogP contribution in [-0.4, -0.2) is 42.2 Å². The Bertz CT molecular complexity index is 851. The summed E-state index contributed by atoms with van der Waals surface area (Å²) in [6.07, 6.45) is 2.93. The van der Waals surface area contributed by atoms with E-state index in [0.29, 0.717) is 5.00 Å². The van der Waals surface area contributed by atoms with Crippen LogP contribution in [0, 0.1) is 6.92 Å². The molecule has 23 heavy (non-hydrogen) atoms. The van der Waals surface area contributed by atoms with Gasteiger partial charge in [-0.1, -0.05) is 0 Å². The van der Waals surface area contributed by atoms with Crippen molar-refractivity contribution in [1.82, 2.24) is 35.1 Å². The van der Waals surface area contributed by atoms with E-state index in [0.717, 1.165) is 5.69 Å². The Morgan fingerprint density at radius 1 is 1.30 bits per heavy atom. The standard InChI is InChI=1S/C13H13N7O2S/c1-9-7-16-10(8-15-9)12(21)14-4-5-19-13(22)20(18-17-19)11-3-2-6-23-11/h2-3,6-8H,4-5H2,1H3,(H,14,21). The quantitative estimate of drug-likeness (QED) is 0.706. The van der Waals surface area contributed by atoms with Gasteiger partial charge in [0.15, 0.2) is 0 Å². The number of hydrogen-bond acceptors (Lipinski definition) is 7. The van der Waals surface area contributed by atoms with Crippen LogP contribution < -0.4 is 11.0 Å². The van der Waals surface area contributed by atoms with Gasteiger partial charge in [0.25, 0.3) is 5.91 Å². The van der Waals surface area contributed by atoms with E-state index >= 15 is 0 Å². The van der Waals surface area contributed by atoms with E-state index in [1.165, 1.54) is 33.1 Å². The first-order valence-corrected chi connectivity index (χ1v) is 7.66. The lowest BCUT2D eigenvalue weighted by molar-refractivity contribution is 0.0946. The maximum absolute atomic E-state index is 12.1. The highest BCUT2D eigenvalue weighted by Crippen LogP contribution is 2.10. The van der Waals surface area contributed by atoms with Crippen LogP contribution in [-0.2, 0) is 6.54 Å². The van der Waals surface area contributed by atoms with Crippen LogP contribution in [0.5, 0.6) is 0 Å². The number of thiophene rings is 1. The number of aryl methyl sites for hydroxylation is 1. The fraction of sp³-hybridized carbons (Fsp3) is 0.231. The molecule has 0 aliphatic rings. The van der Waals surface area contributed by atoms with Gasteiger partial charge in [-0.05, 0) is 34.9 Å². The summed E-state index contributed by atoms with van der Waals surface area (Å²) in [6, 6.07) is 3.61. The lowest BCUT2D eigenvalue weighted by Crippen LogP contribution is -2.32. The van der Waals surface area contributed by atoms with Gasteiger partial charge in [-0.15, -0.1) is 11.3 Å². The van der Waals surface area contributed by atoms with Crippen molar-refractivity contribution in [1.29, 1.82) is 0 Å². The number of hydrogen-bond donors (Lipinski definition) is 1. The monoisotopic (exact) mass is 331 g/mol. The molecule has 0 atom stereocenters. The molecule has 3 aromatic rings. The van der Waals surface area contributed by atoms with Gasteiger partial charge in [-0.3, -0.25) is 9.78 Å². The van der Waals surface area contributed by atoms with Gasteiger partial charge < -0.3 is 5.32 Å². The molecule has 3 rings (SSSR count). The topological polar surface area (TPSA) is 108 Å². The van der Waals surface area contributed by atoms with Gasteiger partial charge in [0, 0.05) is 12.7 Å². The highest BCUT2D eigenvalue weighted by molar-refractivity contribution is 7.12. The molecule has 0 saturated heterocycles. The molecule has 0 unspecified atom stereocenters. The Morgan fingerprint density at radius 2 is 2.17 bits per heavy atom. The first kappa shape index (κ1) is 15.0. The fourth-order valence-corrected chi connectivity index (χ4v) is 2.49. The summed E-state index contributed by atoms with van der Waals surface area (Å²) in [6.45, 7) is 2.24. The number of tetrazole rings is 1. The minimum atomic E-state index is -0.351. The Balaban J connectivity index is 1.60. The van der Waals surface area contributed by atoms with E-state index in [-0.39, 0.29) is 30.4 Å². The summed E-state index contributed by atoms with van der Waals surface area (Å²) in [7, 11) is 0. The van der Waals surface area contributed by atoms with Crippen molar-refractivity contribution in [3.05, 3.63) is 51.8 Å². The Kier molecular flexibility index (Phi) is 4.24. The highest BCUT2D eigenvalue weighted by Gasteiger charge is 2.11. The van der Waals surface area contributed by atoms with Crippen molar-refractivity contribution < 1.29 is 4.79 Å². The summed E-state index contributed by atoms with van der Waals surface area (Å²) in [5.41, 5.74) is 0.611. The smallest absolute Gasteiger partial charge is 0.349 e. The van der Waals surface area contributed by atoms with Crippen LogP contribution in [0.15, 0.2) is 34.7 Å². The summed E-state index contributed by atoms with van der Waals surface area (Å²) in [5, 5.41) is 12.8. The summed E-state index contributed by atoms with van der Waals surface area (Å²) >= 11 is 1.39. The molecule has 0 saturated carbocycles. The van der Waals surface area contributed by atoms with Crippen molar-refractivity contribution in [2.45, 2.75) is 13.5 Å². The molecule has 9 nitrogen and oxygen atoms in total. The molecule has 0 aliphatic carbocycles. The van der Waals surface area contributed by atoms with E-state index < -0.39 is 0 Å². The van der Waals surface area contributed by atoms with Crippen molar-refractivity contribution >= 4 is 17.2 Å². The SMILES string of the molecule is Cc1cnc(C(=O)NCCn2nnn(-c3cccs3)c2=O)cn1. The molecule has 3 aromatic heterocycles. The second-order valence-electron chi connectivity index (χ2n) is 4.65. The van der Waals surface area contributed by atoms with E-state index in [2.05, 4.69) is 25.7 Å². The zero-order valence-electron chi connectivity index (χ0n) is 12.2. The number of amides is 1. The highest BCUT2D eigenvalue weighted by atomic mass is 32.1. The van der Waals surface area contributed by atoms with Crippen LogP contribution in [0.3, 0.4) is 0 Å². The Labute approximate surface area is 134 Å². The molecule has 118 valence electrons. The summed E-state index contributed by atoms with van der Waals surface area (Å²) < 4.78 is 2.42. The van der Waals surface area contributed by atoms with Gasteiger partial charge in [0.05, 0.1) is 18.4 Å². The number of carbonyl (C=O) groups excluding carboxylic acids is 1. The molecule has 0 bridgehead atoms. The first-order valence-electron chi connectivity index (χ1n) is 6.78. The molecule has 0 radical (unpaired) electrons. The molecule has 0 spiro atoms. The molecular formula is C13H13N7O2S. The van der Waals surface area contributed by atoms with Gasteiger partial charge >= 0.3 is 5.69 Å². The van der Waals surface area contributed by atoms with Crippen molar-refractivity contribution in [2.75, 3.05) is 6.54 Å².